The lowest BCUT2D eigenvalue weighted by molar-refractivity contribution is -0.127. The number of amides is 1. The van der Waals surface area contributed by atoms with Crippen LogP contribution >= 0.6 is 0 Å². The van der Waals surface area contributed by atoms with Crippen molar-refractivity contribution < 1.29 is 9.53 Å². The largest absolute Gasteiger partial charge is 0.479 e. The van der Waals surface area contributed by atoms with E-state index in [0.29, 0.717) is 5.75 Å². The first-order valence-corrected chi connectivity index (χ1v) is 8.87. The fraction of sp³-hybridized carbons (Fsp3) is 0.227. The van der Waals surface area contributed by atoms with Crippen LogP contribution in [0.4, 0.5) is 0 Å². The van der Waals surface area contributed by atoms with E-state index in [2.05, 4.69) is 34.6 Å². The molecule has 3 rings (SSSR count). The summed E-state index contributed by atoms with van der Waals surface area (Å²) in [6, 6.07) is 13.6. The van der Waals surface area contributed by atoms with E-state index < -0.39 is 6.10 Å². The Balaban J connectivity index is 1.68. The number of hydrogen-bond donors (Lipinski definition) is 1. The Kier molecular flexibility index (Phi) is 5.50. The molecule has 1 N–H and O–H groups in total. The molecular weight excluding hydrogens is 338 g/mol. The Bertz CT molecular complexity index is 983. The molecule has 27 heavy (non-hydrogen) atoms. The number of ether oxygens (including phenoxy) is 1. The van der Waals surface area contributed by atoms with Crippen molar-refractivity contribution in [2.45, 2.75) is 33.8 Å². The molecular formula is C22H23N3O2. The third kappa shape index (κ3) is 4.31. The number of aromatic nitrogens is 1. The maximum atomic E-state index is 12.3. The predicted molar refractivity (Wildman–Crippen MR) is 108 cm³/mol. The van der Waals surface area contributed by atoms with Gasteiger partial charge in [-0.05, 0) is 51.0 Å². The quantitative estimate of drug-likeness (QED) is 0.550. The lowest BCUT2D eigenvalue weighted by Crippen LogP contribution is -2.33. The van der Waals surface area contributed by atoms with E-state index in [1.165, 1.54) is 5.56 Å². The van der Waals surface area contributed by atoms with Gasteiger partial charge in [0.2, 0.25) is 0 Å². The minimum atomic E-state index is -0.699. The number of hydrogen-bond acceptors (Lipinski definition) is 4. The molecule has 0 saturated carbocycles. The summed E-state index contributed by atoms with van der Waals surface area (Å²) in [5, 5.41) is 5.06. The second-order valence-corrected chi connectivity index (χ2v) is 6.64. The highest BCUT2D eigenvalue weighted by Crippen LogP contribution is 2.24. The van der Waals surface area contributed by atoms with Crippen molar-refractivity contribution in [3.63, 3.8) is 0 Å². The Morgan fingerprint density at radius 3 is 2.59 bits per heavy atom. The van der Waals surface area contributed by atoms with Gasteiger partial charge in [-0.1, -0.05) is 35.9 Å². The molecule has 3 aromatic rings. The van der Waals surface area contributed by atoms with E-state index in [1.807, 2.05) is 38.1 Å². The zero-order valence-corrected chi connectivity index (χ0v) is 16.0. The van der Waals surface area contributed by atoms with Gasteiger partial charge < -0.3 is 4.74 Å². The van der Waals surface area contributed by atoms with Gasteiger partial charge in [-0.2, -0.15) is 5.10 Å². The van der Waals surface area contributed by atoms with E-state index >= 15 is 0 Å². The average Bonchev–Trinajstić information content (AvgIpc) is 2.64. The second kappa shape index (κ2) is 7.99. The summed E-state index contributed by atoms with van der Waals surface area (Å²) in [5.74, 6) is 0.256. The Morgan fingerprint density at radius 2 is 1.85 bits per heavy atom. The van der Waals surface area contributed by atoms with Crippen molar-refractivity contribution in [2.75, 3.05) is 0 Å². The first-order valence-electron chi connectivity index (χ1n) is 8.87. The highest BCUT2D eigenvalue weighted by Gasteiger charge is 2.15. The molecule has 1 atom stereocenters. The molecule has 5 heteroatoms. The van der Waals surface area contributed by atoms with E-state index in [-0.39, 0.29) is 5.91 Å². The van der Waals surface area contributed by atoms with Gasteiger partial charge in [-0.15, -0.1) is 0 Å². The summed E-state index contributed by atoms with van der Waals surface area (Å²) >= 11 is 0. The number of aryl methyl sites for hydroxylation is 3. The number of para-hydroxylation sites is 1. The Morgan fingerprint density at radius 1 is 1.15 bits per heavy atom. The minimum absolute atomic E-state index is 0.318. The Hall–Kier alpha value is -3.21. The molecule has 1 heterocycles. The second-order valence-electron chi connectivity index (χ2n) is 6.64. The third-order valence-corrected chi connectivity index (χ3v) is 4.38. The number of carbonyl (C=O) groups is 1. The molecule has 0 unspecified atom stereocenters. The lowest BCUT2D eigenvalue weighted by Gasteiger charge is -2.14. The van der Waals surface area contributed by atoms with Gasteiger partial charge in [0, 0.05) is 17.1 Å². The van der Waals surface area contributed by atoms with E-state index in [9.17, 15) is 4.79 Å². The van der Waals surface area contributed by atoms with Gasteiger partial charge in [-0.25, -0.2) is 5.43 Å². The molecule has 0 bridgehead atoms. The van der Waals surface area contributed by atoms with Gasteiger partial charge >= 0.3 is 0 Å². The van der Waals surface area contributed by atoms with Crippen LogP contribution in [0.15, 0.2) is 53.8 Å². The molecule has 5 nitrogen and oxygen atoms in total. The summed E-state index contributed by atoms with van der Waals surface area (Å²) in [6.45, 7) is 7.81. The molecule has 0 radical (unpaired) electrons. The van der Waals surface area contributed by atoms with Crippen molar-refractivity contribution in [3.05, 3.63) is 70.9 Å². The van der Waals surface area contributed by atoms with Crippen molar-refractivity contribution in [1.82, 2.24) is 10.4 Å². The predicted octanol–water partition coefficient (Wildman–Crippen LogP) is 4.08. The normalized spacial score (nSPS) is 12.3. The van der Waals surface area contributed by atoms with Gasteiger partial charge in [0.05, 0.1) is 6.21 Å². The van der Waals surface area contributed by atoms with Crippen LogP contribution in [0.1, 0.15) is 29.2 Å². The fourth-order valence-corrected chi connectivity index (χ4v) is 3.06. The van der Waals surface area contributed by atoms with Crippen molar-refractivity contribution >= 4 is 23.0 Å². The summed E-state index contributed by atoms with van der Waals surface area (Å²) in [4.78, 5) is 16.7. The highest BCUT2D eigenvalue weighted by molar-refractivity contribution is 5.87. The van der Waals surface area contributed by atoms with Crippen molar-refractivity contribution in [3.8, 4) is 5.75 Å². The molecule has 0 aliphatic carbocycles. The fourth-order valence-electron chi connectivity index (χ4n) is 3.06. The van der Waals surface area contributed by atoms with Crippen LogP contribution in [0, 0.1) is 20.8 Å². The first-order chi connectivity index (χ1) is 13.0. The number of fused-ring (bicyclic) bond motifs is 1. The highest BCUT2D eigenvalue weighted by atomic mass is 16.5. The molecule has 0 saturated heterocycles. The van der Waals surface area contributed by atoms with Crippen LogP contribution in [-0.2, 0) is 4.79 Å². The van der Waals surface area contributed by atoms with Gasteiger partial charge in [0.1, 0.15) is 11.3 Å². The van der Waals surface area contributed by atoms with Crippen molar-refractivity contribution in [1.29, 1.82) is 0 Å². The number of pyridine rings is 1. The molecule has 1 amide bonds. The maximum Gasteiger partial charge on any atom is 0.280 e. The summed E-state index contributed by atoms with van der Waals surface area (Å²) < 4.78 is 5.81. The lowest BCUT2D eigenvalue weighted by atomic mass is 10.0. The number of carbonyl (C=O) groups excluding carboxylic acids is 1. The van der Waals surface area contributed by atoms with E-state index in [1.54, 1.807) is 25.4 Å². The van der Waals surface area contributed by atoms with Crippen LogP contribution in [0.3, 0.4) is 0 Å². The smallest absolute Gasteiger partial charge is 0.280 e. The Labute approximate surface area is 159 Å². The molecule has 0 fully saturated rings. The first kappa shape index (κ1) is 18.6. The number of nitrogens with one attached hydrogen (secondary N) is 1. The standard InChI is InChI=1S/C22H23N3O2/c1-14-11-15(2)19(16(3)12-14)13-24-25-22(26)17(4)27-20-9-5-7-18-8-6-10-23-21(18)20/h5-13,17H,1-4H3,(H,25,26)/b24-13-/t17-/m0/s1. The molecule has 1 aromatic heterocycles. The average molecular weight is 361 g/mol. The number of benzene rings is 2. The molecule has 0 aliphatic heterocycles. The van der Waals surface area contributed by atoms with Crippen LogP contribution in [0.5, 0.6) is 5.75 Å². The van der Waals surface area contributed by atoms with Crippen LogP contribution in [0.25, 0.3) is 10.9 Å². The zero-order valence-electron chi connectivity index (χ0n) is 16.0. The van der Waals surface area contributed by atoms with Gasteiger partial charge in [0.15, 0.2) is 6.10 Å². The minimum Gasteiger partial charge on any atom is -0.479 e. The van der Waals surface area contributed by atoms with Gasteiger partial charge in [-0.3, -0.25) is 9.78 Å². The van der Waals surface area contributed by atoms with Crippen LogP contribution in [-0.4, -0.2) is 23.2 Å². The maximum absolute atomic E-state index is 12.3. The number of nitrogens with zero attached hydrogens (tertiary/aromatic N) is 2. The molecule has 0 aliphatic rings. The van der Waals surface area contributed by atoms with E-state index in [4.69, 9.17) is 4.74 Å². The molecule has 138 valence electrons. The summed E-state index contributed by atoms with van der Waals surface area (Å²) in [7, 11) is 0. The number of hydrazone groups is 1. The third-order valence-electron chi connectivity index (χ3n) is 4.38. The summed E-state index contributed by atoms with van der Waals surface area (Å²) in [6.07, 6.45) is 2.68. The van der Waals surface area contributed by atoms with E-state index in [0.717, 1.165) is 27.6 Å². The summed E-state index contributed by atoms with van der Waals surface area (Å²) in [5.41, 5.74) is 7.74. The topological polar surface area (TPSA) is 63.6 Å². The number of rotatable bonds is 5. The zero-order chi connectivity index (χ0) is 19.4. The SMILES string of the molecule is Cc1cc(C)c(/C=N\NC(=O)[C@H](C)Oc2cccc3cccnc23)c(C)c1. The van der Waals surface area contributed by atoms with Crippen LogP contribution in [0.2, 0.25) is 0 Å². The monoisotopic (exact) mass is 361 g/mol. The van der Waals surface area contributed by atoms with Crippen LogP contribution < -0.4 is 10.2 Å². The molecule has 0 spiro atoms. The molecule has 2 aromatic carbocycles. The van der Waals surface area contributed by atoms with Gasteiger partial charge in [0.25, 0.3) is 5.91 Å². The van der Waals surface area contributed by atoms with Crippen molar-refractivity contribution in [2.24, 2.45) is 5.10 Å².